The molecule has 1 saturated heterocycles. The average molecular weight is 224 g/mol. The van der Waals surface area contributed by atoms with Crippen LogP contribution >= 0.6 is 0 Å². The zero-order chi connectivity index (χ0) is 11.5. The molecular formula is C12H20N2O2. The first-order chi connectivity index (χ1) is 7.74. The molecule has 1 aliphatic carbocycles. The first-order valence-electron chi connectivity index (χ1n) is 6.03. The Morgan fingerprint density at radius 3 is 3.19 bits per heavy atom. The molecule has 4 atom stereocenters. The van der Waals surface area contributed by atoms with Crippen LogP contribution in [0.4, 0.5) is 0 Å². The zero-order valence-electron chi connectivity index (χ0n) is 9.69. The van der Waals surface area contributed by atoms with Gasteiger partial charge >= 0.3 is 5.97 Å². The fourth-order valence-corrected chi connectivity index (χ4v) is 2.81. The van der Waals surface area contributed by atoms with Crippen molar-refractivity contribution in [1.82, 2.24) is 5.32 Å². The Morgan fingerprint density at radius 2 is 2.44 bits per heavy atom. The summed E-state index contributed by atoms with van der Waals surface area (Å²) < 4.78 is 5.00. The molecule has 4 heteroatoms. The minimum absolute atomic E-state index is 0.226. The van der Waals surface area contributed by atoms with Crippen molar-refractivity contribution >= 4 is 5.97 Å². The lowest BCUT2D eigenvalue weighted by molar-refractivity contribution is -0.146. The van der Waals surface area contributed by atoms with Crippen molar-refractivity contribution < 1.29 is 9.53 Å². The highest BCUT2D eigenvalue weighted by molar-refractivity contribution is 5.76. The Balaban J connectivity index is 2.03. The average Bonchev–Trinajstić information content (AvgIpc) is 2.76. The van der Waals surface area contributed by atoms with Gasteiger partial charge in [0, 0.05) is 6.54 Å². The number of rotatable bonds is 3. The van der Waals surface area contributed by atoms with Crippen molar-refractivity contribution in [3.05, 3.63) is 12.2 Å². The van der Waals surface area contributed by atoms with Crippen molar-refractivity contribution in [2.75, 3.05) is 19.7 Å². The Labute approximate surface area is 96.2 Å². The lowest BCUT2D eigenvalue weighted by atomic mass is 9.74. The summed E-state index contributed by atoms with van der Waals surface area (Å²) >= 11 is 0. The van der Waals surface area contributed by atoms with Gasteiger partial charge in [0.25, 0.3) is 0 Å². The fraction of sp³-hybridized carbons (Fsp3) is 0.750. The van der Waals surface area contributed by atoms with Gasteiger partial charge in [-0.2, -0.15) is 0 Å². The van der Waals surface area contributed by atoms with Crippen molar-refractivity contribution in [3.8, 4) is 0 Å². The van der Waals surface area contributed by atoms with E-state index in [0.29, 0.717) is 18.4 Å². The molecule has 4 nitrogen and oxygen atoms in total. The number of allylic oxidation sites excluding steroid dienone is 1. The molecule has 2 aliphatic rings. The van der Waals surface area contributed by atoms with Crippen LogP contribution in [0.2, 0.25) is 0 Å². The molecular weight excluding hydrogens is 204 g/mol. The highest BCUT2D eigenvalue weighted by atomic mass is 16.5. The van der Waals surface area contributed by atoms with E-state index in [4.69, 9.17) is 10.5 Å². The van der Waals surface area contributed by atoms with E-state index in [1.165, 1.54) is 0 Å². The fourth-order valence-electron chi connectivity index (χ4n) is 2.81. The van der Waals surface area contributed by atoms with Crippen LogP contribution in [-0.2, 0) is 9.53 Å². The van der Waals surface area contributed by atoms with Gasteiger partial charge in [-0.05, 0) is 37.6 Å². The zero-order valence-corrected chi connectivity index (χ0v) is 9.69. The lowest BCUT2D eigenvalue weighted by Crippen LogP contribution is -2.45. The molecule has 0 aromatic heterocycles. The summed E-state index contributed by atoms with van der Waals surface area (Å²) in [6, 6.07) is -0.475. The number of nitrogens with one attached hydrogen (secondary N) is 1. The van der Waals surface area contributed by atoms with E-state index in [-0.39, 0.29) is 11.9 Å². The Hall–Kier alpha value is -0.870. The van der Waals surface area contributed by atoms with Crippen LogP contribution in [0.25, 0.3) is 0 Å². The molecule has 16 heavy (non-hydrogen) atoms. The molecule has 4 unspecified atom stereocenters. The largest absolute Gasteiger partial charge is 0.465 e. The summed E-state index contributed by atoms with van der Waals surface area (Å²) in [5.74, 6) is 1.00. The number of fused-ring (bicyclic) bond motifs is 1. The predicted molar refractivity (Wildman–Crippen MR) is 61.7 cm³/mol. The molecule has 2 rings (SSSR count). The molecule has 0 bridgehead atoms. The van der Waals surface area contributed by atoms with Gasteiger partial charge in [0.1, 0.15) is 6.04 Å². The maximum atomic E-state index is 11.6. The maximum Gasteiger partial charge on any atom is 0.323 e. The predicted octanol–water partition coefficient (Wildman–Crippen LogP) is 0.289. The minimum atomic E-state index is -0.475. The molecule has 0 aromatic carbocycles. The standard InChI is InChI=1S/C12H20N2O2/c1-2-16-12(15)11(13)9-5-3-4-8-6-14-7-10(8)9/h3-4,8-11,14H,2,5-7,13H2,1H3. The summed E-state index contributed by atoms with van der Waals surface area (Å²) in [4.78, 5) is 11.6. The second kappa shape index (κ2) is 4.97. The SMILES string of the molecule is CCOC(=O)C(N)C1CC=CC2CNCC21. The van der Waals surface area contributed by atoms with Gasteiger partial charge in [-0.15, -0.1) is 0 Å². The molecule has 0 amide bonds. The lowest BCUT2D eigenvalue weighted by Gasteiger charge is -2.32. The van der Waals surface area contributed by atoms with Crippen molar-refractivity contribution in [3.63, 3.8) is 0 Å². The first-order valence-corrected chi connectivity index (χ1v) is 6.03. The van der Waals surface area contributed by atoms with Gasteiger partial charge < -0.3 is 15.8 Å². The molecule has 0 spiro atoms. The van der Waals surface area contributed by atoms with Gasteiger partial charge in [-0.1, -0.05) is 12.2 Å². The molecule has 1 fully saturated rings. The molecule has 0 radical (unpaired) electrons. The monoisotopic (exact) mass is 224 g/mol. The van der Waals surface area contributed by atoms with Crippen LogP contribution in [0, 0.1) is 17.8 Å². The van der Waals surface area contributed by atoms with Crippen LogP contribution in [0.5, 0.6) is 0 Å². The third-order valence-corrected chi connectivity index (χ3v) is 3.67. The number of esters is 1. The van der Waals surface area contributed by atoms with E-state index in [9.17, 15) is 4.79 Å². The summed E-state index contributed by atoms with van der Waals surface area (Å²) in [5, 5.41) is 3.36. The van der Waals surface area contributed by atoms with E-state index >= 15 is 0 Å². The van der Waals surface area contributed by atoms with Crippen molar-refractivity contribution in [2.45, 2.75) is 19.4 Å². The van der Waals surface area contributed by atoms with E-state index in [2.05, 4.69) is 17.5 Å². The van der Waals surface area contributed by atoms with Crippen LogP contribution < -0.4 is 11.1 Å². The van der Waals surface area contributed by atoms with E-state index in [0.717, 1.165) is 19.5 Å². The molecule has 90 valence electrons. The summed E-state index contributed by atoms with van der Waals surface area (Å²) in [7, 11) is 0. The molecule has 1 heterocycles. The summed E-state index contributed by atoms with van der Waals surface area (Å²) in [6.07, 6.45) is 5.29. The Kier molecular flexibility index (Phi) is 3.61. The molecule has 1 aliphatic heterocycles. The third kappa shape index (κ3) is 2.13. The van der Waals surface area contributed by atoms with Crippen LogP contribution in [-0.4, -0.2) is 31.7 Å². The van der Waals surface area contributed by atoms with Gasteiger partial charge in [-0.3, -0.25) is 4.79 Å². The van der Waals surface area contributed by atoms with Gasteiger partial charge in [0.05, 0.1) is 6.61 Å². The van der Waals surface area contributed by atoms with Crippen LogP contribution in [0.1, 0.15) is 13.3 Å². The molecule has 0 saturated carbocycles. The van der Waals surface area contributed by atoms with Crippen LogP contribution in [0.3, 0.4) is 0 Å². The second-order valence-electron chi connectivity index (χ2n) is 4.59. The number of ether oxygens (including phenoxy) is 1. The van der Waals surface area contributed by atoms with Gasteiger partial charge in [-0.25, -0.2) is 0 Å². The van der Waals surface area contributed by atoms with Crippen molar-refractivity contribution in [2.24, 2.45) is 23.5 Å². The quantitative estimate of drug-likeness (QED) is 0.534. The normalized spacial score (nSPS) is 34.5. The summed E-state index contributed by atoms with van der Waals surface area (Å²) in [5.41, 5.74) is 6.00. The van der Waals surface area contributed by atoms with Crippen molar-refractivity contribution in [1.29, 1.82) is 0 Å². The van der Waals surface area contributed by atoms with E-state index in [1.54, 1.807) is 0 Å². The third-order valence-electron chi connectivity index (χ3n) is 3.67. The molecule has 3 N–H and O–H groups in total. The highest BCUT2D eigenvalue weighted by Gasteiger charge is 2.39. The van der Waals surface area contributed by atoms with Gasteiger partial charge in [0.15, 0.2) is 0 Å². The van der Waals surface area contributed by atoms with E-state index in [1.807, 2.05) is 6.92 Å². The van der Waals surface area contributed by atoms with E-state index < -0.39 is 6.04 Å². The number of carbonyl (C=O) groups is 1. The maximum absolute atomic E-state index is 11.6. The minimum Gasteiger partial charge on any atom is -0.465 e. The number of hydrogen-bond donors (Lipinski definition) is 2. The van der Waals surface area contributed by atoms with Crippen LogP contribution in [0.15, 0.2) is 12.2 Å². The smallest absolute Gasteiger partial charge is 0.323 e. The highest BCUT2D eigenvalue weighted by Crippen LogP contribution is 2.34. The number of nitrogens with two attached hydrogens (primary N) is 1. The topological polar surface area (TPSA) is 64.3 Å². The second-order valence-corrected chi connectivity index (χ2v) is 4.59. The Morgan fingerprint density at radius 1 is 1.62 bits per heavy atom. The molecule has 0 aromatic rings. The first kappa shape index (κ1) is 11.6. The summed E-state index contributed by atoms with van der Waals surface area (Å²) in [6.45, 7) is 4.19. The Bertz CT molecular complexity index is 291. The number of carbonyl (C=O) groups excluding carboxylic acids is 1. The number of hydrogen-bond acceptors (Lipinski definition) is 4. The van der Waals surface area contributed by atoms with Gasteiger partial charge in [0.2, 0.25) is 0 Å².